The summed E-state index contributed by atoms with van der Waals surface area (Å²) in [5.41, 5.74) is 5.52. The van der Waals surface area contributed by atoms with Crippen molar-refractivity contribution in [3.63, 3.8) is 0 Å². The van der Waals surface area contributed by atoms with E-state index in [2.05, 4.69) is 0 Å². The van der Waals surface area contributed by atoms with Gasteiger partial charge in [0, 0.05) is 25.6 Å². The molecule has 0 saturated carbocycles. The van der Waals surface area contributed by atoms with E-state index in [-0.39, 0.29) is 18.4 Å². The SMILES string of the molecule is CCCOCC(=O)N(CC)CC(C)C(N)=S. The van der Waals surface area contributed by atoms with E-state index >= 15 is 0 Å². The molecule has 1 unspecified atom stereocenters. The Morgan fingerprint density at radius 3 is 2.56 bits per heavy atom. The van der Waals surface area contributed by atoms with Gasteiger partial charge in [-0.05, 0) is 13.3 Å². The van der Waals surface area contributed by atoms with Gasteiger partial charge in [0.05, 0.1) is 4.99 Å². The van der Waals surface area contributed by atoms with Gasteiger partial charge in [0.2, 0.25) is 5.91 Å². The lowest BCUT2D eigenvalue weighted by atomic mass is 10.1. The van der Waals surface area contributed by atoms with Crippen LogP contribution < -0.4 is 5.73 Å². The topological polar surface area (TPSA) is 55.6 Å². The number of likely N-dealkylation sites (N-methyl/N-ethyl adjacent to an activating group) is 1. The van der Waals surface area contributed by atoms with Crippen LogP contribution in [-0.4, -0.2) is 42.1 Å². The van der Waals surface area contributed by atoms with E-state index in [0.29, 0.717) is 24.7 Å². The lowest BCUT2D eigenvalue weighted by molar-refractivity contribution is -0.136. The third-order valence-electron chi connectivity index (χ3n) is 2.29. The van der Waals surface area contributed by atoms with E-state index in [1.54, 1.807) is 4.90 Å². The van der Waals surface area contributed by atoms with Crippen LogP contribution in [0, 0.1) is 5.92 Å². The minimum absolute atomic E-state index is 0.000880. The van der Waals surface area contributed by atoms with Gasteiger partial charge in [-0.2, -0.15) is 0 Å². The Balaban J connectivity index is 4.06. The van der Waals surface area contributed by atoms with E-state index < -0.39 is 0 Å². The average molecular weight is 246 g/mol. The molecule has 0 heterocycles. The molecule has 0 fully saturated rings. The quantitative estimate of drug-likeness (QED) is 0.516. The highest BCUT2D eigenvalue weighted by Crippen LogP contribution is 2.01. The number of hydrogen-bond acceptors (Lipinski definition) is 3. The molecule has 0 aromatic heterocycles. The maximum Gasteiger partial charge on any atom is 0.248 e. The minimum Gasteiger partial charge on any atom is -0.393 e. The van der Waals surface area contributed by atoms with E-state index in [4.69, 9.17) is 22.7 Å². The molecule has 4 nitrogen and oxygen atoms in total. The number of thiocarbonyl (C=S) groups is 1. The maximum absolute atomic E-state index is 11.7. The van der Waals surface area contributed by atoms with Crippen molar-refractivity contribution in [1.82, 2.24) is 4.90 Å². The summed E-state index contributed by atoms with van der Waals surface area (Å²) >= 11 is 4.89. The maximum atomic E-state index is 11.7. The van der Waals surface area contributed by atoms with E-state index in [1.807, 2.05) is 20.8 Å². The number of carbonyl (C=O) groups excluding carboxylic acids is 1. The normalized spacial score (nSPS) is 12.2. The van der Waals surface area contributed by atoms with Gasteiger partial charge in [-0.15, -0.1) is 0 Å². The Bertz CT molecular complexity index is 234. The summed E-state index contributed by atoms with van der Waals surface area (Å²) in [6, 6.07) is 0. The molecule has 0 radical (unpaired) electrons. The Morgan fingerprint density at radius 2 is 2.12 bits per heavy atom. The Morgan fingerprint density at radius 1 is 1.50 bits per heavy atom. The number of nitrogens with zero attached hydrogens (tertiary/aromatic N) is 1. The van der Waals surface area contributed by atoms with Crippen molar-refractivity contribution in [3.8, 4) is 0 Å². The van der Waals surface area contributed by atoms with Crippen LogP contribution in [0.2, 0.25) is 0 Å². The first-order chi connectivity index (χ1) is 7.52. The number of ether oxygens (including phenoxy) is 1. The van der Waals surface area contributed by atoms with Gasteiger partial charge in [0.1, 0.15) is 6.61 Å². The fourth-order valence-corrected chi connectivity index (χ4v) is 1.30. The van der Waals surface area contributed by atoms with Gasteiger partial charge in [0.15, 0.2) is 0 Å². The molecule has 0 aliphatic carbocycles. The van der Waals surface area contributed by atoms with Gasteiger partial charge < -0.3 is 15.4 Å². The molecular formula is C11H22N2O2S. The molecule has 1 amide bonds. The first-order valence-electron chi connectivity index (χ1n) is 5.67. The van der Waals surface area contributed by atoms with Gasteiger partial charge >= 0.3 is 0 Å². The Labute approximate surface area is 103 Å². The number of nitrogens with two attached hydrogens (primary N) is 1. The molecule has 94 valence electrons. The standard InChI is InChI=1S/C11H22N2O2S/c1-4-6-15-8-10(14)13(5-2)7-9(3)11(12)16/h9H,4-8H2,1-3H3,(H2,12,16). The summed E-state index contributed by atoms with van der Waals surface area (Å²) in [6.45, 7) is 7.85. The lowest BCUT2D eigenvalue weighted by Gasteiger charge is -2.24. The van der Waals surface area contributed by atoms with Gasteiger partial charge in [-0.3, -0.25) is 4.79 Å². The van der Waals surface area contributed by atoms with Crippen LogP contribution in [0.5, 0.6) is 0 Å². The van der Waals surface area contributed by atoms with Crippen molar-refractivity contribution in [1.29, 1.82) is 0 Å². The van der Waals surface area contributed by atoms with Crippen molar-refractivity contribution in [2.24, 2.45) is 11.7 Å². The molecule has 0 rings (SSSR count). The highest BCUT2D eigenvalue weighted by atomic mass is 32.1. The number of rotatable bonds is 8. The molecule has 0 spiro atoms. The predicted molar refractivity (Wildman–Crippen MR) is 69.3 cm³/mol. The highest BCUT2D eigenvalue weighted by molar-refractivity contribution is 7.80. The zero-order valence-corrected chi connectivity index (χ0v) is 11.2. The number of amides is 1. The molecule has 2 N–H and O–H groups in total. The van der Waals surface area contributed by atoms with Crippen LogP contribution in [0.3, 0.4) is 0 Å². The molecule has 1 atom stereocenters. The number of hydrogen-bond donors (Lipinski definition) is 1. The van der Waals surface area contributed by atoms with Crippen molar-refractivity contribution in [2.75, 3.05) is 26.3 Å². The van der Waals surface area contributed by atoms with Crippen LogP contribution in [0.25, 0.3) is 0 Å². The Hall–Kier alpha value is -0.680. The summed E-state index contributed by atoms with van der Waals surface area (Å²) in [5.74, 6) is 0.0455. The van der Waals surface area contributed by atoms with E-state index in [1.165, 1.54) is 0 Å². The molecular weight excluding hydrogens is 224 g/mol. The van der Waals surface area contributed by atoms with Crippen LogP contribution in [-0.2, 0) is 9.53 Å². The van der Waals surface area contributed by atoms with Crippen LogP contribution >= 0.6 is 12.2 Å². The monoisotopic (exact) mass is 246 g/mol. The number of carbonyl (C=O) groups is 1. The molecule has 16 heavy (non-hydrogen) atoms. The molecule has 0 aliphatic rings. The highest BCUT2D eigenvalue weighted by Gasteiger charge is 2.16. The summed E-state index contributed by atoms with van der Waals surface area (Å²) in [6.07, 6.45) is 0.919. The minimum atomic E-state index is -0.000880. The molecule has 0 aliphatic heterocycles. The first-order valence-corrected chi connectivity index (χ1v) is 6.08. The van der Waals surface area contributed by atoms with Crippen molar-refractivity contribution >= 4 is 23.1 Å². The zero-order valence-electron chi connectivity index (χ0n) is 10.4. The first kappa shape index (κ1) is 15.3. The van der Waals surface area contributed by atoms with Crippen molar-refractivity contribution < 1.29 is 9.53 Å². The third kappa shape index (κ3) is 6.02. The average Bonchev–Trinajstić information content (AvgIpc) is 2.25. The summed E-state index contributed by atoms with van der Waals surface area (Å²) in [5, 5.41) is 0. The molecule has 0 bridgehead atoms. The zero-order chi connectivity index (χ0) is 12.6. The van der Waals surface area contributed by atoms with Gasteiger partial charge in [0.25, 0.3) is 0 Å². The fourth-order valence-electron chi connectivity index (χ4n) is 1.22. The summed E-state index contributed by atoms with van der Waals surface area (Å²) < 4.78 is 5.21. The van der Waals surface area contributed by atoms with Gasteiger partial charge in [-0.1, -0.05) is 26.1 Å². The second-order valence-electron chi connectivity index (χ2n) is 3.79. The summed E-state index contributed by atoms with van der Waals surface area (Å²) in [7, 11) is 0. The van der Waals surface area contributed by atoms with E-state index in [0.717, 1.165) is 6.42 Å². The molecule has 0 aromatic carbocycles. The fraction of sp³-hybridized carbons (Fsp3) is 0.818. The smallest absolute Gasteiger partial charge is 0.248 e. The second kappa shape index (κ2) is 8.47. The lowest BCUT2D eigenvalue weighted by Crippen LogP contribution is -2.40. The second-order valence-corrected chi connectivity index (χ2v) is 4.26. The van der Waals surface area contributed by atoms with Crippen LogP contribution in [0.15, 0.2) is 0 Å². The molecule has 0 saturated heterocycles. The predicted octanol–water partition coefficient (Wildman–Crippen LogP) is 1.18. The molecule has 0 aromatic rings. The van der Waals surface area contributed by atoms with E-state index in [9.17, 15) is 4.79 Å². The largest absolute Gasteiger partial charge is 0.393 e. The molecule has 5 heteroatoms. The Kier molecular flexibility index (Phi) is 8.11. The van der Waals surface area contributed by atoms with Gasteiger partial charge in [-0.25, -0.2) is 0 Å². The third-order valence-corrected chi connectivity index (χ3v) is 2.69. The van der Waals surface area contributed by atoms with Crippen LogP contribution in [0.4, 0.5) is 0 Å². The summed E-state index contributed by atoms with van der Waals surface area (Å²) in [4.78, 5) is 13.9. The van der Waals surface area contributed by atoms with Crippen LogP contribution in [0.1, 0.15) is 27.2 Å². The van der Waals surface area contributed by atoms with Crippen molar-refractivity contribution in [3.05, 3.63) is 0 Å². The van der Waals surface area contributed by atoms with Crippen molar-refractivity contribution in [2.45, 2.75) is 27.2 Å².